The van der Waals surface area contributed by atoms with Crippen molar-refractivity contribution < 1.29 is 9.53 Å². The first-order valence-corrected chi connectivity index (χ1v) is 4.33. The van der Waals surface area contributed by atoms with Crippen LogP contribution in [0.2, 0.25) is 0 Å². The molecule has 0 aliphatic heterocycles. The fourth-order valence-corrected chi connectivity index (χ4v) is 0.877. The first-order chi connectivity index (χ1) is 6.24. The summed E-state index contributed by atoms with van der Waals surface area (Å²) in [5.41, 5.74) is 0.574. The number of carbonyl (C=O) groups excluding carboxylic acids is 1. The third-order valence-corrected chi connectivity index (χ3v) is 1.74. The number of rotatable bonds is 3. The Labute approximate surface area is 78.5 Å². The predicted molar refractivity (Wildman–Crippen MR) is 51.3 cm³/mol. The van der Waals surface area contributed by atoms with Gasteiger partial charge in [-0.1, -0.05) is 25.1 Å². The molecule has 0 amide bonds. The molecular formula is C11H13O2. The molecular weight excluding hydrogens is 164 g/mol. The van der Waals surface area contributed by atoms with Gasteiger partial charge in [-0.2, -0.15) is 0 Å². The van der Waals surface area contributed by atoms with Gasteiger partial charge < -0.3 is 4.74 Å². The highest BCUT2D eigenvalue weighted by Crippen LogP contribution is 2.04. The SMILES string of the molecule is [CH2]C(CC)OC(=O)c1ccccc1. The van der Waals surface area contributed by atoms with Crippen LogP contribution >= 0.6 is 0 Å². The normalized spacial score (nSPS) is 12.2. The quantitative estimate of drug-likeness (QED) is 0.663. The van der Waals surface area contributed by atoms with Crippen LogP contribution in [0.15, 0.2) is 30.3 Å². The van der Waals surface area contributed by atoms with Crippen LogP contribution < -0.4 is 0 Å². The smallest absolute Gasteiger partial charge is 0.338 e. The van der Waals surface area contributed by atoms with E-state index in [1.807, 2.05) is 13.0 Å². The molecule has 0 saturated carbocycles. The minimum atomic E-state index is -0.303. The van der Waals surface area contributed by atoms with Gasteiger partial charge in [-0.25, -0.2) is 4.79 Å². The van der Waals surface area contributed by atoms with E-state index in [0.717, 1.165) is 6.42 Å². The van der Waals surface area contributed by atoms with E-state index < -0.39 is 0 Å². The summed E-state index contributed by atoms with van der Waals surface area (Å²) in [4.78, 5) is 11.4. The van der Waals surface area contributed by atoms with Crippen LogP contribution in [0.1, 0.15) is 23.7 Å². The first-order valence-electron chi connectivity index (χ1n) is 4.33. The summed E-state index contributed by atoms with van der Waals surface area (Å²) in [6, 6.07) is 8.93. The van der Waals surface area contributed by atoms with E-state index in [0.29, 0.717) is 5.56 Å². The molecule has 2 nitrogen and oxygen atoms in total. The first kappa shape index (κ1) is 9.78. The van der Waals surface area contributed by atoms with Crippen LogP contribution in [0.4, 0.5) is 0 Å². The van der Waals surface area contributed by atoms with E-state index in [1.165, 1.54) is 0 Å². The fourth-order valence-electron chi connectivity index (χ4n) is 0.877. The number of ether oxygens (including phenoxy) is 1. The maximum Gasteiger partial charge on any atom is 0.338 e. The van der Waals surface area contributed by atoms with Gasteiger partial charge in [0.2, 0.25) is 0 Å². The van der Waals surface area contributed by atoms with E-state index in [-0.39, 0.29) is 12.1 Å². The lowest BCUT2D eigenvalue weighted by Crippen LogP contribution is -2.13. The van der Waals surface area contributed by atoms with Crippen LogP contribution in [0.25, 0.3) is 0 Å². The number of hydrogen-bond donors (Lipinski definition) is 0. The van der Waals surface area contributed by atoms with Gasteiger partial charge in [-0.15, -0.1) is 0 Å². The Bertz CT molecular complexity index is 267. The van der Waals surface area contributed by atoms with E-state index in [1.54, 1.807) is 24.3 Å². The average Bonchev–Trinajstić information content (AvgIpc) is 2.19. The number of esters is 1. The molecule has 0 fully saturated rings. The van der Waals surface area contributed by atoms with Crippen molar-refractivity contribution >= 4 is 5.97 Å². The fraction of sp³-hybridized carbons (Fsp3) is 0.273. The molecule has 1 radical (unpaired) electrons. The Morgan fingerprint density at radius 2 is 2.08 bits per heavy atom. The summed E-state index contributed by atoms with van der Waals surface area (Å²) in [5, 5.41) is 0. The minimum Gasteiger partial charge on any atom is -0.459 e. The summed E-state index contributed by atoms with van der Waals surface area (Å²) >= 11 is 0. The second kappa shape index (κ2) is 4.65. The van der Waals surface area contributed by atoms with Gasteiger partial charge >= 0.3 is 5.97 Å². The van der Waals surface area contributed by atoms with Crippen molar-refractivity contribution in [3.63, 3.8) is 0 Å². The molecule has 2 heteroatoms. The Morgan fingerprint density at radius 3 is 2.62 bits per heavy atom. The van der Waals surface area contributed by atoms with Crippen LogP contribution in [0.3, 0.4) is 0 Å². The van der Waals surface area contributed by atoms with E-state index >= 15 is 0 Å². The van der Waals surface area contributed by atoms with Crippen LogP contribution in [-0.2, 0) is 4.74 Å². The van der Waals surface area contributed by atoms with Crippen molar-refractivity contribution in [2.75, 3.05) is 0 Å². The Hall–Kier alpha value is -1.31. The number of hydrogen-bond acceptors (Lipinski definition) is 2. The van der Waals surface area contributed by atoms with Gasteiger partial charge in [0.15, 0.2) is 0 Å². The van der Waals surface area contributed by atoms with Gasteiger partial charge in [-0.05, 0) is 25.5 Å². The summed E-state index contributed by atoms with van der Waals surface area (Å²) < 4.78 is 5.04. The lowest BCUT2D eigenvalue weighted by molar-refractivity contribution is 0.0384. The van der Waals surface area contributed by atoms with Crippen molar-refractivity contribution in [1.82, 2.24) is 0 Å². The van der Waals surface area contributed by atoms with E-state index in [9.17, 15) is 4.79 Å². The highest BCUT2D eigenvalue weighted by molar-refractivity contribution is 5.89. The maximum atomic E-state index is 11.4. The lowest BCUT2D eigenvalue weighted by Gasteiger charge is -2.09. The monoisotopic (exact) mass is 177 g/mol. The summed E-state index contributed by atoms with van der Waals surface area (Å²) in [6.45, 7) is 5.61. The van der Waals surface area contributed by atoms with Gasteiger partial charge in [0, 0.05) is 0 Å². The molecule has 1 aromatic rings. The molecule has 1 rings (SSSR count). The summed E-state index contributed by atoms with van der Waals surface area (Å²) in [7, 11) is 0. The highest BCUT2D eigenvalue weighted by atomic mass is 16.5. The van der Waals surface area contributed by atoms with Crippen LogP contribution in [0.5, 0.6) is 0 Å². The second-order valence-electron chi connectivity index (χ2n) is 2.80. The zero-order valence-corrected chi connectivity index (χ0v) is 7.69. The van der Waals surface area contributed by atoms with Crippen molar-refractivity contribution in [3.8, 4) is 0 Å². The molecule has 0 saturated heterocycles. The molecule has 69 valence electrons. The zero-order valence-electron chi connectivity index (χ0n) is 7.69. The summed E-state index contributed by atoms with van der Waals surface area (Å²) in [5.74, 6) is -0.303. The predicted octanol–water partition coefficient (Wildman–Crippen LogP) is 2.46. The minimum absolute atomic E-state index is 0.257. The topological polar surface area (TPSA) is 26.3 Å². The van der Waals surface area contributed by atoms with E-state index in [2.05, 4.69) is 6.92 Å². The Morgan fingerprint density at radius 1 is 1.46 bits per heavy atom. The largest absolute Gasteiger partial charge is 0.459 e. The van der Waals surface area contributed by atoms with Crippen LogP contribution in [-0.4, -0.2) is 12.1 Å². The third kappa shape index (κ3) is 2.90. The van der Waals surface area contributed by atoms with E-state index in [4.69, 9.17) is 4.74 Å². The molecule has 1 atom stereocenters. The molecule has 0 aliphatic rings. The van der Waals surface area contributed by atoms with Crippen molar-refractivity contribution in [3.05, 3.63) is 42.8 Å². The standard InChI is InChI=1S/C11H13O2/c1-3-9(2)13-11(12)10-7-5-4-6-8-10/h4-9H,2-3H2,1H3. The highest BCUT2D eigenvalue weighted by Gasteiger charge is 2.09. The van der Waals surface area contributed by atoms with Gasteiger partial charge in [0.1, 0.15) is 6.10 Å². The molecule has 0 heterocycles. The molecule has 0 N–H and O–H groups in total. The molecule has 0 aliphatic carbocycles. The molecule has 1 aromatic carbocycles. The van der Waals surface area contributed by atoms with Crippen molar-refractivity contribution in [1.29, 1.82) is 0 Å². The lowest BCUT2D eigenvalue weighted by atomic mass is 10.2. The molecule has 1 unspecified atom stereocenters. The summed E-state index contributed by atoms with van der Waals surface area (Å²) in [6.07, 6.45) is 0.478. The Kier molecular flexibility index (Phi) is 3.50. The molecule has 0 spiro atoms. The Balaban J connectivity index is 2.59. The van der Waals surface area contributed by atoms with Gasteiger partial charge in [0.25, 0.3) is 0 Å². The third-order valence-electron chi connectivity index (χ3n) is 1.74. The van der Waals surface area contributed by atoms with Crippen molar-refractivity contribution in [2.24, 2.45) is 0 Å². The molecule has 0 bridgehead atoms. The average molecular weight is 177 g/mol. The van der Waals surface area contributed by atoms with Gasteiger partial charge in [0.05, 0.1) is 5.56 Å². The van der Waals surface area contributed by atoms with Crippen LogP contribution in [0, 0.1) is 6.92 Å². The number of benzene rings is 1. The number of carbonyl (C=O) groups is 1. The zero-order chi connectivity index (χ0) is 9.68. The van der Waals surface area contributed by atoms with Gasteiger partial charge in [-0.3, -0.25) is 0 Å². The molecule has 0 aromatic heterocycles. The second-order valence-corrected chi connectivity index (χ2v) is 2.80. The van der Waals surface area contributed by atoms with Crippen molar-refractivity contribution in [2.45, 2.75) is 19.4 Å². The molecule has 13 heavy (non-hydrogen) atoms. The maximum absolute atomic E-state index is 11.4.